The summed E-state index contributed by atoms with van der Waals surface area (Å²) in [4.78, 5) is 41.4. The molecule has 2 aromatic rings. The van der Waals surface area contributed by atoms with Crippen LogP contribution >= 0.6 is 0 Å². The van der Waals surface area contributed by atoms with Crippen molar-refractivity contribution < 1.29 is 19.1 Å². The van der Waals surface area contributed by atoms with Crippen molar-refractivity contribution in [3.63, 3.8) is 0 Å². The number of ether oxygens (including phenoxy) is 1. The lowest BCUT2D eigenvalue weighted by molar-refractivity contribution is -0.137. The number of pyridine rings is 1. The normalized spacial score (nSPS) is 14.7. The zero-order chi connectivity index (χ0) is 20.3. The van der Waals surface area contributed by atoms with Gasteiger partial charge in [-0.25, -0.2) is 14.5 Å². The van der Waals surface area contributed by atoms with Crippen LogP contribution in [0, 0.1) is 19.8 Å². The summed E-state index contributed by atoms with van der Waals surface area (Å²) < 4.78 is 6.79. The van der Waals surface area contributed by atoms with Gasteiger partial charge in [0.1, 0.15) is 0 Å². The predicted molar refractivity (Wildman–Crippen MR) is 99.6 cm³/mol. The zero-order valence-electron chi connectivity index (χ0n) is 15.9. The Labute approximate surface area is 162 Å². The number of rotatable bonds is 5. The van der Waals surface area contributed by atoms with Gasteiger partial charge in [0, 0.05) is 30.9 Å². The number of piperidine rings is 1. The highest BCUT2D eigenvalue weighted by atomic mass is 16.5. The van der Waals surface area contributed by atoms with Crippen LogP contribution in [0.3, 0.4) is 0 Å². The molecule has 2 amide bonds. The van der Waals surface area contributed by atoms with Crippen LogP contribution in [-0.4, -0.2) is 57.1 Å². The highest BCUT2D eigenvalue weighted by Gasteiger charge is 2.26. The number of carbonyl (C=O) groups is 3. The molecule has 1 aliphatic rings. The molecular weight excluding hydrogens is 362 g/mol. The molecule has 1 saturated heterocycles. The maximum Gasteiger partial charge on any atom is 0.340 e. The standard InChI is InChI=1S/C19H23N5O4/c1-12-9-13(2)24(22-12)16-4-3-15(10-21-16)19(27)28-11-17(25)23-7-5-14(6-8-23)18(20)26/h3-4,9-10,14H,5-8,11H2,1-2H3,(H2,20,26). The number of nitrogens with two attached hydrogens (primary N) is 1. The molecule has 0 saturated carbocycles. The Morgan fingerprint density at radius 3 is 2.46 bits per heavy atom. The van der Waals surface area contributed by atoms with E-state index in [4.69, 9.17) is 10.5 Å². The maximum atomic E-state index is 12.2. The molecule has 0 atom stereocenters. The van der Waals surface area contributed by atoms with E-state index in [9.17, 15) is 14.4 Å². The Bertz CT molecular complexity index is 882. The molecule has 9 nitrogen and oxygen atoms in total. The van der Waals surface area contributed by atoms with E-state index in [-0.39, 0.29) is 29.9 Å². The number of primary amides is 1. The molecule has 0 radical (unpaired) electrons. The summed E-state index contributed by atoms with van der Waals surface area (Å²) in [6.45, 7) is 4.33. The Morgan fingerprint density at radius 1 is 1.21 bits per heavy atom. The number of likely N-dealkylation sites (tertiary alicyclic amines) is 1. The predicted octanol–water partition coefficient (Wildman–Crippen LogP) is 0.765. The van der Waals surface area contributed by atoms with Crippen molar-refractivity contribution in [3.8, 4) is 5.82 Å². The van der Waals surface area contributed by atoms with Crippen LogP contribution in [0.5, 0.6) is 0 Å². The fourth-order valence-electron chi connectivity index (χ4n) is 3.21. The van der Waals surface area contributed by atoms with Gasteiger partial charge in [0.2, 0.25) is 5.91 Å². The van der Waals surface area contributed by atoms with E-state index in [1.165, 1.54) is 6.20 Å². The lowest BCUT2D eigenvalue weighted by Crippen LogP contribution is -2.43. The maximum absolute atomic E-state index is 12.2. The van der Waals surface area contributed by atoms with Gasteiger partial charge < -0.3 is 15.4 Å². The summed E-state index contributed by atoms with van der Waals surface area (Å²) in [5, 5.41) is 4.34. The van der Waals surface area contributed by atoms with E-state index >= 15 is 0 Å². The topological polar surface area (TPSA) is 120 Å². The smallest absolute Gasteiger partial charge is 0.340 e. The van der Waals surface area contributed by atoms with E-state index < -0.39 is 5.97 Å². The van der Waals surface area contributed by atoms with Gasteiger partial charge in [-0.1, -0.05) is 0 Å². The third-order valence-corrected chi connectivity index (χ3v) is 4.79. The van der Waals surface area contributed by atoms with Crippen molar-refractivity contribution in [1.29, 1.82) is 0 Å². The van der Waals surface area contributed by atoms with Crippen molar-refractivity contribution in [2.24, 2.45) is 11.7 Å². The molecule has 0 unspecified atom stereocenters. The molecule has 1 aliphatic heterocycles. The molecule has 9 heteroatoms. The van der Waals surface area contributed by atoms with Gasteiger partial charge in [0.25, 0.3) is 5.91 Å². The van der Waals surface area contributed by atoms with E-state index in [1.54, 1.807) is 21.7 Å². The number of esters is 1. The highest BCUT2D eigenvalue weighted by Crippen LogP contribution is 2.17. The molecule has 148 valence electrons. The average molecular weight is 385 g/mol. The van der Waals surface area contributed by atoms with Gasteiger partial charge in [-0.15, -0.1) is 0 Å². The number of hydrogen-bond acceptors (Lipinski definition) is 6. The lowest BCUT2D eigenvalue weighted by atomic mass is 9.96. The van der Waals surface area contributed by atoms with E-state index in [0.717, 1.165) is 11.4 Å². The van der Waals surface area contributed by atoms with Gasteiger partial charge in [-0.2, -0.15) is 5.10 Å². The van der Waals surface area contributed by atoms with Crippen molar-refractivity contribution in [2.75, 3.05) is 19.7 Å². The lowest BCUT2D eigenvalue weighted by Gasteiger charge is -2.30. The second-order valence-corrected chi connectivity index (χ2v) is 6.88. The minimum Gasteiger partial charge on any atom is -0.452 e. The monoisotopic (exact) mass is 385 g/mol. The third-order valence-electron chi connectivity index (χ3n) is 4.79. The van der Waals surface area contributed by atoms with Crippen LogP contribution in [0.25, 0.3) is 5.82 Å². The molecule has 3 rings (SSSR count). The van der Waals surface area contributed by atoms with Gasteiger partial charge in [-0.05, 0) is 44.9 Å². The van der Waals surface area contributed by atoms with Crippen LogP contribution in [0.15, 0.2) is 24.4 Å². The number of amides is 2. The summed E-state index contributed by atoms with van der Waals surface area (Å²) in [6.07, 6.45) is 2.47. The number of aromatic nitrogens is 3. The summed E-state index contributed by atoms with van der Waals surface area (Å²) >= 11 is 0. The first-order chi connectivity index (χ1) is 13.3. The molecule has 0 bridgehead atoms. The third kappa shape index (κ3) is 4.36. The zero-order valence-corrected chi connectivity index (χ0v) is 15.9. The summed E-state index contributed by atoms with van der Waals surface area (Å²) in [7, 11) is 0. The minimum atomic E-state index is -0.618. The van der Waals surface area contributed by atoms with Crippen LogP contribution in [0.2, 0.25) is 0 Å². The first kappa shape index (κ1) is 19.5. The molecule has 0 spiro atoms. The van der Waals surface area contributed by atoms with Gasteiger partial charge >= 0.3 is 5.97 Å². The van der Waals surface area contributed by atoms with Crippen molar-refractivity contribution in [1.82, 2.24) is 19.7 Å². The second-order valence-electron chi connectivity index (χ2n) is 6.88. The molecule has 2 aromatic heterocycles. The number of aryl methyl sites for hydroxylation is 2. The molecule has 1 fully saturated rings. The van der Waals surface area contributed by atoms with Crippen LogP contribution < -0.4 is 5.73 Å². The van der Waals surface area contributed by atoms with Gasteiger partial charge in [-0.3, -0.25) is 9.59 Å². The number of carbonyl (C=O) groups excluding carboxylic acids is 3. The fraction of sp³-hybridized carbons (Fsp3) is 0.421. The van der Waals surface area contributed by atoms with Crippen molar-refractivity contribution in [2.45, 2.75) is 26.7 Å². The summed E-state index contributed by atoms with van der Waals surface area (Å²) in [5.74, 6) is -0.847. The SMILES string of the molecule is Cc1cc(C)n(-c2ccc(C(=O)OCC(=O)N3CCC(C(N)=O)CC3)cn2)n1. The first-order valence-electron chi connectivity index (χ1n) is 9.09. The average Bonchev–Trinajstić information content (AvgIpc) is 3.04. The molecular formula is C19H23N5O4. The van der Waals surface area contributed by atoms with Gasteiger partial charge in [0.05, 0.1) is 11.3 Å². The first-order valence-corrected chi connectivity index (χ1v) is 9.09. The van der Waals surface area contributed by atoms with Crippen LogP contribution in [0.1, 0.15) is 34.6 Å². The minimum absolute atomic E-state index is 0.196. The number of nitrogens with zero attached hydrogens (tertiary/aromatic N) is 4. The Balaban J connectivity index is 1.53. The molecule has 0 aromatic carbocycles. The number of hydrogen-bond donors (Lipinski definition) is 1. The highest BCUT2D eigenvalue weighted by molar-refractivity contribution is 5.91. The van der Waals surface area contributed by atoms with Crippen LogP contribution in [-0.2, 0) is 14.3 Å². The van der Waals surface area contributed by atoms with E-state index in [2.05, 4.69) is 10.1 Å². The Morgan fingerprint density at radius 2 is 1.93 bits per heavy atom. The van der Waals surface area contributed by atoms with E-state index in [0.29, 0.717) is 31.7 Å². The fourth-order valence-corrected chi connectivity index (χ4v) is 3.21. The Kier molecular flexibility index (Phi) is 5.72. The Hall–Kier alpha value is -3.23. The molecule has 0 aliphatic carbocycles. The molecule has 28 heavy (non-hydrogen) atoms. The summed E-state index contributed by atoms with van der Waals surface area (Å²) in [5.41, 5.74) is 7.35. The largest absolute Gasteiger partial charge is 0.452 e. The van der Waals surface area contributed by atoms with Crippen molar-refractivity contribution >= 4 is 17.8 Å². The van der Waals surface area contributed by atoms with Crippen molar-refractivity contribution in [3.05, 3.63) is 41.3 Å². The molecule has 3 heterocycles. The second kappa shape index (κ2) is 8.20. The summed E-state index contributed by atoms with van der Waals surface area (Å²) in [6, 6.07) is 5.19. The van der Waals surface area contributed by atoms with Crippen LogP contribution in [0.4, 0.5) is 0 Å². The van der Waals surface area contributed by atoms with E-state index in [1.807, 2.05) is 19.9 Å². The van der Waals surface area contributed by atoms with Gasteiger partial charge in [0.15, 0.2) is 12.4 Å². The quantitative estimate of drug-likeness (QED) is 0.759. The molecule has 2 N–H and O–H groups in total.